The fraction of sp³-hybridized carbons (Fsp3) is 0.533. The van der Waals surface area contributed by atoms with Crippen LogP contribution in [0, 0.1) is 0 Å². The van der Waals surface area contributed by atoms with Gasteiger partial charge in [0.1, 0.15) is 12.1 Å². The van der Waals surface area contributed by atoms with Crippen molar-refractivity contribution in [2.24, 2.45) is 5.73 Å². The lowest BCUT2D eigenvalue weighted by molar-refractivity contribution is -0.150. The first-order chi connectivity index (χ1) is 10.9. The highest BCUT2D eigenvalue weighted by molar-refractivity contribution is 7.87. The standard InChI is InChI=1S/C15H21N3O4S/c16-15(14(19)22-10-12-4-2-1-3-5-12)8-9-18(11-15)23(20,21)17-13-6-7-13/h1-5,13,17H,6-11,16H2/t15-/m1/s1. The lowest BCUT2D eigenvalue weighted by Crippen LogP contribution is -2.52. The third-order valence-electron chi connectivity index (χ3n) is 4.12. The Kier molecular flexibility index (Phi) is 4.41. The van der Waals surface area contributed by atoms with E-state index in [0.29, 0.717) is 0 Å². The fourth-order valence-corrected chi connectivity index (χ4v) is 4.06. The van der Waals surface area contributed by atoms with Crippen LogP contribution < -0.4 is 10.5 Å². The number of benzene rings is 1. The Labute approximate surface area is 136 Å². The molecule has 1 atom stereocenters. The second-order valence-electron chi connectivity index (χ2n) is 6.20. The highest BCUT2D eigenvalue weighted by Gasteiger charge is 2.47. The summed E-state index contributed by atoms with van der Waals surface area (Å²) in [7, 11) is -3.57. The van der Waals surface area contributed by atoms with Crippen LogP contribution in [0.25, 0.3) is 0 Å². The van der Waals surface area contributed by atoms with E-state index in [1.807, 2.05) is 30.3 Å². The number of hydrogen-bond acceptors (Lipinski definition) is 5. The van der Waals surface area contributed by atoms with Gasteiger partial charge in [-0.05, 0) is 24.8 Å². The summed E-state index contributed by atoms with van der Waals surface area (Å²) in [5.41, 5.74) is 5.67. The summed E-state index contributed by atoms with van der Waals surface area (Å²) in [5.74, 6) is -0.564. The topological polar surface area (TPSA) is 102 Å². The number of hydrogen-bond donors (Lipinski definition) is 2. The van der Waals surface area contributed by atoms with Crippen molar-refractivity contribution in [3.63, 3.8) is 0 Å². The van der Waals surface area contributed by atoms with E-state index in [9.17, 15) is 13.2 Å². The molecule has 0 bridgehead atoms. The number of rotatable bonds is 6. The second-order valence-corrected chi connectivity index (χ2v) is 7.90. The van der Waals surface area contributed by atoms with Crippen LogP contribution in [0.1, 0.15) is 24.8 Å². The summed E-state index contributed by atoms with van der Waals surface area (Å²) in [6, 6.07) is 9.31. The molecule has 23 heavy (non-hydrogen) atoms. The monoisotopic (exact) mass is 339 g/mol. The molecular weight excluding hydrogens is 318 g/mol. The first kappa shape index (κ1) is 16.4. The molecule has 1 heterocycles. The largest absolute Gasteiger partial charge is 0.459 e. The summed E-state index contributed by atoms with van der Waals surface area (Å²) in [6.45, 7) is 0.299. The van der Waals surface area contributed by atoms with Crippen LogP contribution in [-0.2, 0) is 26.3 Å². The zero-order valence-corrected chi connectivity index (χ0v) is 13.6. The van der Waals surface area contributed by atoms with Crippen molar-refractivity contribution >= 4 is 16.2 Å². The van der Waals surface area contributed by atoms with Gasteiger partial charge in [0, 0.05) is 19.1 Å². The Morgan fingerprint density at radius 3 is 2.70 bits per heavy atom. The molecule has 1 aliphatic carbocycles. The molecule has 8 heteroatoms. The lowest BCUT2D eigenvalue weighted by atomic mass is 10.0. The molecule has 0 unspecified atom stereocenters. The van der Waals surface area contributed by atoms with Crippen LogP contribution in [0.5, 0.6) is 0 Å². The van der Waals surface area contributed by atoms with Crippen molar-refractivity contribution in [1.82, 2.24) is 9.03 Å². The molecule has 0 amide bonds. The molecule has 1 aromatic carbocycles. The van der Waals surface area contributed by atoms with E-state index in [4.69, 9.17) is 10.5 Å². The van der Waals surface area contributed by atoms with E-state index < -0.39 is 21.7 Å². The average molecular weight is 339 g/mol. The smallest absolute Gasteiger partial charge is 0.327 e. The minimum atomic E-state index is -3.57. The quantitative estimate of drug-likeness (QED) is 0.717. The normalized spacial score (nSPS) is 25.4. The van der Waals surface area contributed by atoms with Gasteiger partial charge in [0.2, 0.25) is 0 Å². The molecule has 1 saturated heterocycles. The van der Waals surface area contributed by atoms with Crippen molar-refractivity contribution in [2.75, 3.05) is 13.1 Å². The minimum absolute atomic E-state index is 0.0257. The number of carbonyl (C=O) groups excluding carboxylic acids is 1. The maximum atomic E-state index is 12.3. The van der Waals surface area contributed by atoms with Crippen LogP contribution in [-0.4, -0.2) is 43.4 Å². The molecule has 126 valence electrons. The molecule has 1 aromatic rings. The Balaban J connectivity index is 1.58. The Morgan fingerprint density at radius 1 is 1.35 bits per heavy atom. The van der Waals surface area contributed by atoms with Gasteiger partial charge in [0.05, 0.1) is 0 Å². The number of nitrogens with two attached hydrogens (primary N) is 1. The van der Waals surface area contributed by atoms with Crippen molar-refractivity contribution in [1.29, 1.82) is 0 Å². The maximum Gasteiger partial charge on any atom is 0.327 e. The summed E-state index contributed by atoms with van der Waals surface area (Å²) in [4.78, 5) is 12.3. The molecule has 2 fully saturated rings. The van der Waals surface area contributed by atoms with Gasteiger partial charge < -0.3 is 10.5 Å². The minimum Gasteiger partial charge on any atom is -0.459 e. The molecule has 0 radical (unpaired) electrons. The van der Waals surface area contributed by atoms with Gasteiger partial charge >= 0.3 is 5.97 Å². The van der Waals surface area contributed by atoms with Crippen molar-refractivity contribution < 1.29 is 17.9 Å². The number of nitrogens with zero attached hydrogens (tertiary/aromatic N) is 1. The molecule has 0 aromatic heterocycles. The van der Waals surface area contributed by atoms with Gasteiger partial charge in [-0.3, -0.25) is 0 Å². The van der Waals surface area contributed by atoms with E-state index >= 15 is 0 Å². The molecule has 0 spiro atoms. The van der Waals surface area contributed by atoms with E-state index in [2.05, 4.69) is 4.72 Å². The van der Waals surface area contributed by atoms with Gasteiger partial charge in [-0.2, -0.15) is 17.4 Å². The highest BCUT2D eigenvalue weighted by atomic mass is 32.2. The van der Waals surface area contributed by atoms with Gasteiger partial charge in [0.25, 0.3) is 10.2 Å². The zero-order valence-electron chi connectivity index (χ0n) is 12.8. The number of ether oxygens (including phenoxy) is 1. The summed E-state index contributed by atoms with van der Waals surface area (Å²) >= 11 is 0. The fourth-order valence-electron chi connectivity index (χ4n) is 2.52. The molecule has 1 saturated carbocycles. The van der Waals surface area contributed by atoms with Gasteiger partial charge in [-0.15, -0.1) is 0 Å². The molecular formula is C15H21N3O4S. The van der Waals surface area contributed by atoms with E-state index in [1.54, 1.807) is 0 Å². The molecule has 2 aliphatic rings. The van der Waals surface area contributed by atoms with Crippen LogP contribution >= 0.6 is 0 Å². The predicted octanol–water partition coefficient (Wildman–Crippen LogP) is 0.130. The number of nitrogens with one attached hydrogen (secondary N) is 1. The van der Waals surface area contributed by atoms with Gasteiger partial charge in [-0.1, -0.05) is 30.3 Å². The van der Waals surface area contributed by atoms with E-state index in [0.717, 1.165) is 18.4 Å². The molecule has 3 N–H and O–H groups in total. The van der Waals surface area contributed by atoms with Crippen molar-refractivity contribution in [2.45, 2.75) is 37.5 Å². The lowest BCUT2D eigenvalue weighted by Gasteiger charge is -2.22. The zero-order chi connectivity index (χ0) is 16.5. The number of carbonyl (C=O) groups is 1. The number of esters is 1. The van der Waals surface area contributed by atoms with Crippen LogP contribution in [0.4, 0.5) is 0 Å². The summed E-state index contributed by atoms with van der Waals surface area (Å²) in [5, 5.41) is 0. The molecule has 7 nitrogen and oxygen atoms in total. The van der Waals surface area contributed by atoms with Crippen LogP contribution in [0.15, 0.2) is 30.3 Å². The Bertz CT molecular complexity index is 675. The van der Waals surface area contributed by atoms with Crippen LogP contribution in [0.2, 0.25) is 0 Å². The third kappa shape index (κ3) is 3.89. The van der Waals surface area contributed by atoms with Crippen LogP contribution in [0.3, 0.4) is 0 Å². The highest BCUT2D eigenvalue weighted by Crippen LogP contribution is 2.26. The summed E-state index contributed by atoms with van der Waals surface area (Å²) in [6.07, 6.45) is 1.98. The van der Waals surface area contributed by atoms with Gasteiger partial charge in [-0.25, -0.2) is 4.79 Å². The van der Waals surface area contributed by atoms with Crippen molar-refractivity contribution in [3.8, 4) is 0 Å². The Hall–Kier alpha value is -1.48. The SMILES string of the molecule is N[C@]1(C(=O)OCc2ccccc2)CCN(S(=O)(=O)NC2CC2)C1. The Morgan fingerprint density at radius 2 is 2.04 bits per heavy atom. The first-order valence-electron chi connectivity index (χ1n) is 7.66. The third-order valence-corrected chi connectivity index (χ3v) is 5.74. The summed E-state index contributed by atoms with van der Waals surface area (Å²) < 4.78 is 33.5. The maximum absolute atomic E-state index is 12.3. The second kappa shape index (κ2) is 6.20. The van der Waals surface area contributed by atoms with E-state index in [-0.39, 0.29) is 32.2 Å². The first-order valence-corrected chi connectivity index (χ1v) is 9.10. The molecule has 1 aliphatic heterocycles. The van der Waals surface area contributed by atoms with E-state index in [1.165, 1.54) is 4.31 Å². The molecule has 3 rings (SSSR count). The average Bonchev–Trinajstić information content (AvgIpc) is 3.23. The van der Waals surface area contributed by atoms with Crippen molar-refractivity contribution in [3.05, 3.63) is 35.9 Å². The predicted molar refractivity (Wildman–Crippen MR) is 84.4 cm³/mol. The van der Waals surface area contributed by atoms with Gasteiger partial charge in [0.15, 0.2) is 0 Å².